The van der Waals surface area contributed by atoms with E-state index in [0.29, 0.717) is 22.7 Å². The highest BCUT2D eigenvalue weighted by Gasteiger charge is 2.14. The maximum atomic E-state index is 12.3. The van der Waals surface area contributed by atoms with Crippen molar-refractivity contribution in [1.82, 2.24) is 20.2 Å². The fourth-order valence-electron chi connectivity index (χ4n) is 2.48. The number of rotatable bonds is 6. The van der Waals surface area contributed by atoms with Crippen molar-refractivity contribution in [2.45, 2.75) is 6.42 Å². The maximum Gasteiger partial charge on any atom is 0.335 e. The lowest BCUT2D eigenvalue weighted by Gasteiger charge is -2.11. The summed E-state index contributed by atoms with van der Waals surface area (Å²) >= 11 is 0. The Morgan fingerprint density at radius 3 is 2.73 bits per heavy atom. The first-order valence-electron chi connectivity index (χ1n) is 7.61. The number of carbonyl (C=O) groups is 2. The topological polar surface area (TPSA) is 119 Å². The number of ether oxygens (including phenoxy) is 1. The van der Waals surface area contributed by atoms with Crippen molar-refractivity contribution < 1.29 is 19.4 Å². The third-order valence-electron chi connectivity index (χ3n) is 3.66. The van der Waals surface area contributed by atoms with Gasteiger partial charge < -0.3 is 15.2 Å². The van der Waals surface area contributed by atoms with E-state index in [2.05, 4.69) is 20.8 Å². The van der Waals surface area contributed by atoms with Crippen LogP contribution in [0, 0.1) is 0 Å². The van der Waals surface area contributed by atoms with Crippen LogP contribution in [0.5, 0.6) is 5.75 Å². The fraction of sp³-hybridized carbons (Fsp3) is 0.118. The molecule has 0 fully saturated rings. The van der Waals surface area contributed by atoms with Gasteiger partial charge in [0.15, 0.2) is 0 Å². The minimum Gasteiger partial charge on any atom is -0.494 e. The van der Waals surface area contributed by atoms with E-state index in [1.54, 1.807) is 36.4 Å². The molecule has 2 N–H and O–H groups in total. The van der Waals surface area contributed by atoms with Crippen molar-refractivity contribution >= 4 is 17.6 Å². The van der Waals surface area contributed by atoms with Gasteiger partial charge in [0, 0.05) is 11.8 Å². The number of tetrazole rings is 1. The van der Waals surface area contributed by atoms with E-state index in [0.717, 1.165) is 0 Å². The number of carbonyl (C=O) groups excluding carboxylic acids is 1. The van der Waals surface area contributed by atoms with Crippen molar-refractivity contribution in [2.75, 3.05) is 12.4 Å². The lowest BCUT2D eigenvalue weighted by molar-refractivity contribution is -0.115. The molecule has 3 aromatic rings. The normalized spacial score (nSPS) is 10.3. The average molecular weight is 353 g/mol. The molecule has 9 heteroatoms. The molecule has 1 amide bonds. The average Bonchev–Trinajstić information content (AvgIpc) is 3.16. The highest BCUT2D eigenvalue weighted by molar-refractivity contribution is 5.96. The Labute approximate surface area is 148 Å². The highest BCUT2D eigenvalue weighted by atomic mass is 16.5. The van der Waals surface area contributed by atoms with Crippen LogP contribution in [0.15, 0.2) is 48.8 Å². The summed E-state index contributed by atoms with van der Waals surface area (Å²) < 4.78 is 6.75. The van der Waals surface area contributed by atoms with Crippen molar-refractivity contribution in [1.29, 1.82) is 0 Å². The monoisotopic (exact) mass is 353 g/mol. The number of hydrogen-bond acceptors (Lipinski definition) is 6. The first-order chi connectivity index (χ1) is 12.6. The predicted molar refractivity (Wildman–Crippen MR) is 91.4 cm³/mol. The number of amides is 1. The van der Waals surface area contributed by atoms with E-state index in [1.807, 2.05) is 0 Å². The molecular formula is C17H15N5O4. The van der Waals surface area contributed by atoms with E-state index in [-0.39, 0.29) is 17.9 Å². The summed E-state index contributed by atoms with van der Waals surface area (Å²) in [6, 6.07) is 11.4. The molecule has 1 aromatic heterocycles. The zero-order valence-corrected chi connectivity index (χ0v) is 13.8. The summed E-state index contributed by atoms with van der Waals surface area (Å²) in [5.74, 6) is -0.933. The Bertz CT molecular complexity index is 940. The molecule has 0 aliphatic heterocycles. The molecule has 0 atom stereocenters. The molecule has 132 valence electrons. The molecule has 2 aromatic carbocycles. The molecule has 0 unspecified atom stereocenters. The summed E-state index contributed by atoms with van der Waals surface area (Å²) in [6.45, 7) is 0. The van der Waals surface area contributed by atoms with Crippen molar-refractivity contribution in [3.05, 3.63) is 59.9 Å². The number of aromatic nitrogens is 4. The molecule has 0 bridgehead atoms. The standard InChI is InChI=1S/C17H15N5O4/c1-26-15-9-12(6-7-14(15)22-10-18-20-21-22)19-16(23)8-11-4-2-3-5-13(11)17(24)25/h2-7,9-10H,8H2,1H3,(H,19,23)(H,24,25). The number of nitrogens with one attached hydrogen (secondary N) is 1. The smallest absolute Gasteiger partial charge is 0.335 e. The molecule has 9 nitrogen and oxygen atoms in total. The molecule has 1 heterocycles. The van der Waals surface area contributed by atoms with Crippen molar-refractivity contribution in [3.63, 3.8) is 0 Å². The number of benzene rings is 2. The Kier molecular flexibility index (Phi) is 4.88. The van der Waals surface area contributed by atoms with Gasteiger partial charge in [-0.25, -0.2) is 4.79 Å². The summed E-state index contributed by atoms with van der Waals surface area (Å²) in [6.07, 6.45) is 1.37. The summed E-state index contributed by atoms with van der Waals surface area (Å²) in [7, 11) is 1.50. The third-order valence-corrected chi connectivity index (χ3v) is 3.66. The molecule has 0 radical (unpaired) electrons. The van der Waals surface area contributed by atoms with Gasteiger partial charge in [-0.1, -0.05) is 18.2 Å². The zero-order valence-electron chi connectivity index (χ0n) is 13.8. The van der Waals surface area contributed by atoms with Crippen LogP contribution in [-0.2, 0) is 11.2 Å². The van der Waals surface area contributed by atoms with Crippen molar-refractivity contribution in [2.24, 2.45) is 0 Å². The van der Waals surface area contributed by atoms with E-state index < -0.39 is 5.97 Å². The second-order valence-electron chi connectivity index (χ2n) is 5.33. The minimum absolute atomic E-state index is 0.0560. The predicted octanol–water partition coefficient (Wildman–Crippen LogP) is 1.55. The van der Waals surface area contributed by atoms with Crippen LogP contribution in [0.2, 0.25) is 0 Å². The van der Waals surface area contributed by atoms with E-state index in [4.69, 9.17) is 4.74 Å². The Morgan fingerprint density at radius 1 is 1.23 bits per heavy atom. The third kappa shape index (κ3) is 3.66. The van der Waals surface area contributed by atoms with Crippen molar-refractivity contribution in [3.8, 4) is 11.4 Å². The van der Waals surface area contributed by atoms with Crippen LogP contribution in [0.1, 0.15) is 15.9 Å². The molecule has 0 aliphatic carbocycles. The number of anilines is 1. The van der Waals surface area contributed by atoms with Gasteiger partial charge in [-0.05, 0) is 34.2 Å². The lowest BCUT2D eigenvalue weighted by Crippen LogP contribution is -2.16. The lowest BCUT2D eigenvalue weighted by atomic mass is 10.0. The van der Waals surface area contributed by atoms with Gasteiger partial charge in [0.25, 0.3) is 0 Å². The molecular weight excluding hydrogens is 338 g/mol. The number of hydrogen-bond donors (Lipinski definition) is 2. The van der Waals surface area contributed by atoms with Gasteiger partial charge in [0.1, 0.15) is 17.8 Å². The molecule has 0 saturated carbocycles. The molecule has 0 saturated heterocycles. The fourth-order valence-corrected chi connectivity index (χ4v) is 2.48. The minimum atomic E-state index is -1.07. The number of methoxy groups -OCH3 is 1. The molecule has 0 spiro atoms. The molecule has 3 rings (SSSR count). The van der Waals surface area contributed by atoms with Gasteiger partial charge in [0.05, 0.1) is 19.1 Å². The van der Waals surface area contributed by atoms with E-state index >= 15 is 0 Å². The zero-order chi connectivity index (χ0) is 18.5. The summed E-state index contributed by atoms with van der Waals surface area (Å²) in [5.41, 5.74) is 1.67. The van der Waals surface area contributed by atoms with Gasteiger partial charge in [-0.3, -0.25) is 4.79 Å². The summed E-state index contributed by atoms with van der Waals surface area (Å²) in [5, 5.41) is 22.9. The largest absolute Gasteiger partial charge is 0.494 e. The number of nitrogens with zero attached hydrogens (tertiary/aromatic N) is 4. The van der Waals surface area contributed by atoms with Crippen LogP contribution in [0.3, 0.4) is 0 Å². The number of aromatic carboxylic acids is 1. The van der Waals surface area contributed by atoms with Crippen LogP contribution in [-0.4, -0.2) is 44.3 Å². The van der Waals surface area contributed by atoms with Gasteiger partial charge >= 0.3 is 5.97 Å². The number of carboxylic acid groups (broad SMARTS) is 1. The van der Waals surface area contributed by atoms with E-state index in [9.17, 15) is 14.7 Å². The first kappa shape index (κ1) is 17.1. The summed E-state index contributed by atoms with van der Waals surface area (Å²) in [4.78, 5) is 23.5. The SMILES string of the molecule is COc1cc(NC(=O)Cc2ccccc2C(=O)O)ccc1-n1cnnn1. The van der Waals surface area contributed by atoms with Gasteiger partial charge in [-0.15, -0.1) is 5.10 Å². The number of carboxylic acids is 1. The maximum absolute atomic E-state index is 12.3. The quantitative estimate of drug-likeness (QED) is 0.690. The van der Waals surface area contributed by atoms with Crippen LogP contribution >= 0.6 is 0 Å². The van der Waals surface area contributed by atoms with E-state index in [1.165, 1.54) is 24.2 Å². The van der Waals surface area contributed by atoms with Crippen LogP contribution in [0.25, 0.3) is 5.69 Å². The van der Waals surface area contributed by atoms with Crippen LogP contribution < -0.4 is 10.1 Å². The Morgan fingerprint density at radius 2 is 2.04 bits per heavy atom. The van der Waals surface area contributed by atoms with Gasteiger partial charge in [0.2, 0.25) is 5.91 Å². The van der Waals surface area contributed by atoms with Gasteiger partial charge in [-0.2, -0.15) is 4.68 Å². The second kappa shape index (κ2) is 7.43. The Balaban J connectivity index is 1.77. The second-order valence-corrected chi connectivity index (χ2v) is 5.33. The molecule has 26 heavy (non-hydrogen) atoms. The first-order valence-corrected chi connectivity index (χ1v) is 7.61. The molecule has 0 aliphatic rings. The Hall–Kier alpha value is -3.75. The highest BCUT2D eigenvalue weighted by Crippen LogP contribution is 2.26. The van der Waals surface area contributed by atoms with Crippen LogP contribution in [0.4, 0.5) is 5.69 Å².